The first-order valence-corrected chi connectivity index (χ1v) is 7.20. The lowest BCUT2D eigenvalue weighted by Crippen LogP contribution is -2.25. The second kappa shape index (κ2) is 6.17. The van der Waals surface area contributed by atoms with Crippen LogP contribution in [0.3, 0.4) is 0 Å². The zero-order valence-electron chi connectivity index (χ0n) is 12.1. The lowest BCUT2D eigenvalue weighted by Gasteiger charge is -2.29. The fraction of sp³-hybridized carbons (Fsp3) is 0.786. The van der Waals surface area contributed by atoms with Crippen LogP contribution in [-0.2, 0) is 11.3 Å². The lowest BCUT2D eigenvalue weighted by atomic mass is 9.80. The zero-order valence-corrected chi connectivity index (χ0v) is 12.1. The van der Waals surface area contributed by atoms with E-state index in [2.05, 4.69) is 17.1 Å². The van der Waals surface area contributed by atoms with Crippen LogP contribution in [0.25, 0.3) is 0 Å². The van der Waals surface area contributed by atoms with Crippen molar-refractivity contribution in [2.45, 2.75) is 53.0 Å². The Hall–Kier alpha value is -1.39. The largest absolute Gasteiger partial charge is 0.460 e. The average Bonchev–Trinajstić information content (AvgIpc) is 2.74. The standard InChI is InChI=1S/C14H23N3O2/c1-4-19-14(18)13-16-15-11(3)17(13)9-12-8-6-5-7-10(12)2/h10,12H,4-9H2,1-3H3. The van der Waals surface area contributed by atoms with Gasteiger partial charge in [0.25, 0.3) is 0 Å². The van der Waals surface area contributed by atoms with Crippen LogP contribution in [-0.4, -0.2) is 27.3 Å². The van der Waals surface area contributed by atoms with Crippen LogP contribution in [0.5, 0.6) is 0 Å². The molecule has 5 heteroatoms. The molecular formula is C14H23N3O2. The van der Waals surface area contributed by atoms with E-state index in [0.717, 1.165) is 12.4 Å². The number of carbonyl (C=O) groups is 1. The van der Waals surface area contributed by atoms with Crippen LogP contribution < -0.4 is 0 Å². The van der Waals surface area contributed by atoms with Gasteiger partial charge in [0, 0.05) is 6.54 Å². The molecule has 1 aromatic heterocycles. The number of hydrogen-bond acceptors (Lipinski definition) is 4. The Morgan fingerprint density at radius 3 is 2.79 bits per heavy atom. The molecule has 1 aromatic rings. The third-order valence-corrected chi connectivity index (χ3v) is 4.10. The Bertz CT molecular complexity index is 442. The molecule has 0 amide bonds. The van der Waals surface area contributed by atoms with Crippen LogP contribution in [0.1, 0.15) is 56.0 Å². The smallest absolute Gasteiger partial charge is 0.376 e. The topological polar surface area (TPSA) is 57.0 Å². The van der Waals surface area contributed by atoms with Crippen molar-refractivity contribution in [3.63, 3.8) is 0 Å². The normalized spacial score (nSPS) is 23.3. The van der Waals surface area contributed by atoms with Gasteiger partial charge in [0.15, 0.2) is 0 Å². The molecule has 1 saturated carbocycles. The predicted molar refractivity (Wildman–Crippen MR) is 71.8 cm³/mol. The quantitative estimate of drug-likeness (QED) is 0.785. The molecule has 1 aliphatic carbocycles. The van der Waals surface area contributed by atoms with Gasteiger partial charge < -0.3 is 9.30 Å². The highest BCUT2D eigenvalue weighted by Gasteiger charge is 2.25. The second-order valence-electron chi connectivity index (χ2n) is 5.42. The molecule has 106 valence electrons. The summed E-state index contributed by atoms with van der Waals surface area (Å²) in [6, 6.07) is 0. The molecule has 0 saturated heterocycles. The van der Waals surface area contributed by atoms with Gasteiger partial charge >= 0.3 is 5.97 Å². The van der Waals surface area contributed by atoms with Gasteiger partial charge in [-0.05, 0) is 32.1 Å². The summed E-state index contributed by atoms with van der Waals surface area (Å²) in [4.78, 5) is 11.9. The first-order chi connectivity index (χ1) is 9.13. The number of ether oxygens (including phenoxy) is 1. The molecule has 1 aliphatic rings. The number of hydrogen-bond donors (Lipinski definition) is 0. The van der Waals surface area contributed by atoms with E-state index in [9.17, 15) is 4.79 Å². The minimum Gasteiger partial charge on any atom is -0.460 e. The summed E-state index contributed by atoms with van der Waals surface area (Å²) in [5.41, 5.74) is 0. The number of carbonyl (C=O) groups excluding carboxylic acids is 1. The number of nitrogens with zero attached hydrogens (tertiary/aromatic N) is 3. The van der Waals surface area contributed by atoms with Crippen molar-refractivity contribution in [1.29, 1.82) is 0 Å². The van der Waals surface area contributed by atoms with Crippen molar-refractivity contribution in [3.05, 3.63) is 11.6 Å². The molecule has 2 atom stereocenters. The maximum atomic E-state index is 11.9. The van der Waals surface area contributed by atoms with E-state index in [1.165, 1.54) is 25.7 Å². The Kier molecular flexibility index (Phi) is 4.56. The van der Waals surface area contributed by atoms with Gasteiger partial charge in [0.1, 0.15) is 5.82 Å². The monoisotopic (exact) mass is 265 g/mol. The first kappa shape index (κ1) is 14.0. The average molecular weight is 265 g/mol. The molecule has 2 unspecified atom stereocenters. The minimum absolute atomic E-state index is 0.345. The van der Waals surface area contributed by atoms with Crippen LogP contribution in [0.2, 0.25) is 0 Å². The third-order valence-electron chi connectivity index (χ3n) is 4.10. The number of aromatic nitrogens is 3. The summed E-state index contributed by atoms with van der Waals surface area (Å²) in [5.74, 6) is 2.08. The molecule has 0 aromatic carbocycles. The van der Waals surface area contributed by atoms with Crippen LogP contribution in [0.4, 0.5) is 0 Å². The van der Waals surface area contributed by atoms with Crippen molar-refractivity contribution >= 4 is 5.97 Å². The van der Waals surface area contributed by atoms with Crippen molar-refractivity contribution in [2.24, 2.45) is 11.8 Å². The SMILES string of the molecule is CCOC(=O)c1nnc(C)n1CC1CCCCC1C. The maximum absolute atomic E-state index is 11.9. The molecule has 5 nitrogen and oxygen atoms in total. The van der Waals surface area contributed by atoms with Gasteiger partial charge in [-0.15, -0.1) is 10.2 Å². The van der Waals surface area contributed by atoms with Crippen molar-refractivity contribution in [3.8, 4) is 0 Å². The molecule has 1 fully saturated rings. The van der Waals surface area contributed by atoms with Gasteiger partial charge in [-0.3, -0.25) is 0 Å². The van der Waals surface area contributed by atoms with E-state index in [1.54, 1.807) is 6.92 Å². The summed E-state index contributed by atoms with van der Waals surface area (Å²) in [6.45, 7) is 7.18. The summed E-state index contributed by atoms with van der Waals surface area (Å²) >= 11 is 0. The summed E-state index contributed by atoms with van der Waals surface area (Å²) in [6.07, 6.45) is 5.11. The van der Waals surface area contributed by atoms with E-state index in [1.807, 2.05) is 11.5 Å². The summed E-state index contributed by atoms with van der Waals surface area (Å²) < 4.78 is 6.96. The lowest BCUT2D eigenvalue weighted by molar-refractivity contribution is 0.0502. The van der Waals surface area contributed by atoms with E-state index in [-0.39, 0.29) is 5.97 Å². The van der Waals surface area contributed by atoms with E-state index in [4.69, 9.17) is 4.74 Å². The fourth-order valence-corrected chi connectivity index (χ4v) is 2.84. The van der Waals surface area contributed by atoms with Crippen LogP contribution in [0, 0.1) is 18.8 Å². The predicted octanol–water partition coefficient (Wildman–Crippen LogP) is 2.59. The molecule has 0 aliphatic heterocycles. The van der Waals surface area contributed by atoms with Gasteiger partial charge in [0.2, 0.25) is 5.82 Å². The van der Waals surface area contributed by atoms with E-state index >= 15 is 0 Å². The Morgan fingerprint density at radius 1 is 1.37 bits per heavy atom. The van der Waals surface area contributed by atoms with Gasteiger partial charge in [0.05, 0.1) is 6.61 Å². The van der Waals surface area contributed by atoms with Crippen molar-refractivity contribution in [1.82, 2.24) is 14.8 Å². The van der Waals surface area contributed by atoms with E-state index < -0.39 is 0 Å². The molecule has 2 rings (SSSR count). The second-order valence-corrected chi connectivity index (χ2v) is 5.42. The molecule has 0 N–H and O–H groups in total. The highest BCUT2D eigenvalue weighted by Crippen LogP contribution is 2.31. The summed E-state index contributed by atoms with van der Waals surface area (Å²) in [5, 5.41) is 7.99. The van der Waals surface area contributed by atoms with Gasteiger partial charge in [-0.25, -0.2) is 4.79 Å². The van der Waals surface area contributed by atoms with Gasteiger partial charge in [-0.1, -0.05) is 26.2 Å². The third kappa shape index (κ3) is 3.14. The maximum Gasteiger partial charge on any atom is 0.376 e. The van der Waals surface area contributed by atoms with Gasteiger partial charge in [-0.2, -0.15) is 0 Å². The minimum atomic E-state index is -0.369. The Morgan fingerprint density at radius 2 is 2.11 bits per heavy atom. The molecule has 0 bridgehead atoms. The molecule has 19 heavy (non-hydrogen) atoms. The molecule has 0 spiro atoms. The Balaban J connectivity index is 2.14. The highest BCUT2D eigenvalue weighted by atomic mass is 16.5. The van der Waals surface area contributed by atoms with Crippen LogP contribution >= 0.6 is 0 Å². The van der Waals surface area contributed by atoms with Crippen LogP contribution in [0.15, 0.2) is 0 Å². The number of esters is 1. The first-order valence-electron chi connectivity index (χ1n) is 7.20. The zero-order chi connectivity index (χ0) is 13.8. The van der Waals surface area contributed by atoms with E-state index in [0.29, 0.717) is 24.3 Å². The molecule has 0 radical (unpaired) electrons. The number of rotatable bonds is 4. The van der Waals surface area contributed by atoms with Crippen molar-refractivity contribution in [2.75, 3.05) is 6.61 Å². The van der Waals surface area contributed by atoms with Crippen molar-refractivity contribution < 1.29 is 9.53 Å². The molecule has 1 heterocycles. The highest BCUT2D eigenvalue weighted by molar-refractivity contribution is 5.85. The number of aryl methyl sites for hydroxylation is 1. The summed E-state index contributed by atoms with van der Waals surface area (Å²) in [7, 11) is 0. The fourth-order valence-electron chi connectivity index (χ4n) is 2.84. The Labute approximate surface area is 114 Å². The molecular weight excluding hydrogens is 242 g/mol.